The summed E-state index contributed by atoms with van der Waals surface area (Å²) in [7, 11) is 2.70. The first-order valence-electron chi connectivity index (χ1n) is 10.1. The molecule has 0 spiro atoms. The van der Waals surface area contributed by atoms with Crippen molar-refractivity contribution >= 4 is 40.6 Å². The number of amides is 3. The molecule has 0 radical (unpaired) electrons. The molecule has 0 fully saturated rings. The van der Waals surface area contributed by atoms with Crippen LogP contribution in [0.2, 0.25) is 5.15 Å². The van der Waals surface area contributed by atoms with Gasteiger partial charge < -0.3 is 10.2 Å². The minimum absolute atomic E-state index is 0.0170. The van der Waals surface area contributed by atoms with Gasteiger partial charge in [-0.2, -0.15) is 18.3 Å². The lowest BCUT2D eigenvalue weighted by Gasteiger charge is -2.29. The first kappa shape index (κ1) is 25.3. The maximum absolute atomic E-state index is 14.4. The highest BCUT2D eigenvalue weighted by Crippen LogP contribution is 2.51. The van der Waals surface area contributed by atoms with E-state index in [1.165, 1.54) is 20.2 Å². The summed E-state index contributed by atoms with van der Waals surface area (Å²) in [4.78, 5) is 34.8. The summed E-state index contributed by atoms with van der Waals surface area (Å²) in [5, 5.41) is 6.02. The van der Waals surface area contributed by atoms with Gasteiger partial charge >= 0.3 is 12.2 Å². The highest BCUT2D eigenvalue weighted by molar-refractivity contribution is 6.29. The van der Waals surface area contributed by atoms with Crippen LogP contribution in [-0.2, 0) is 5.41 Å². The van der Waals surface area contributed by atoms with Crippen LogP contribution in [0, 0.1) is 0 Å². The minimum atomic E-state index is -4.90. The third-order valence-corrected chi connectivity index (χ3v) is 5.85. The number of carbonyl (C=O) groups is 2. The first-order chi connectivity index (χ1) is 16.8. The van der Waals surface area contributed by atoms with Crippen molar-refractivity contribution in [3.8, 4) is 0 Å². The molecule has 15 heteroatoms. The highest BCUT2D eigenvalue weighted by atomic mass is 35.5. The Morgan fingerprint density at radius 2 is 1.94 bits per heavy atom. The lowest BCUT2D eigenvalue weighted by molar-refractivity contribution is -0.172. The molecule has 0 bridgehead atoms. The van der Waals surface area contributed by atoms with E-state index in [0.717, 1.165) is 32.8 Å². The minimum Gasteiger partial charge on any atom is -0.343 e. The molecule has 1 aliphatic heterocycles. The molecule has 3 aromatic heterocycles. The van der Waals surface area contributed by atoms with Crippen molar-refractivity contribution in [3.05, 3.63) is 59.3 Å². The molecule has 3 aromatic rings. The molecule has 3 amide bonds. The molecule has 1 aliphatic rings. The highest BCUT2D eigenvalue weighted by Gasteiger charge is 2.62. The van der Waals surface area contributed by atoms with Gasteiger partial charge in [-0.15, -0.1) is 6.58 Å². The Balaban J connectivity index is 1.77. The van der Waals surface area contributed by atoms with Crippen molar-refractivity contribution in [3.63, 3.8) is 0 Å². The largest absolute Gasteiger partial charge is 0.405 e. The molecule has 190 valence electrons. The normalized spacial score (nSPS) is 17.4. The Hall–Kier alpha value is -3.81. The number of aromatic nitrogens is 4. The maximum atomic E-state index is 14.4. The average molecular weight is 530 g/mol. The van der Waals surface area contributed by atoms with Gasteiger partial charge in [0.15, 0.2) is 10.8 Å². The standard InChI is InChI=1S/C21H17ClF5N7O2/c1-4-20(21(25,26)27)9-33(12-8-28-14-6-13(22)31-34(14)16(12)20)19(36)30-10-5-11(17(23)24)15(29-7-10)18(35)32(2)3/h4-8,17H,1,9H2,2-3H3,(H,30,36)/t20-/m1/s1. The summed E-state index contributed by atoms with van der Waals surface area (Å²) in [6, 6.07) is 1.00. The molecule has 4 rings (SSSR count). The number of rotatable bonds is 4. The molecule has 1 N–H and O–H groups in total. The fourth-order valence-corrected chi connectivity index (χ4v) is 4.07. The SMILES string of the molecule is C=C[C@@]1(C(F)(F)F)CN(C(=O)Nc2cnc(C(=O)N(C)C)c(C(F)F)c2)c2cnc3cc(Cl)nn3c21. The van der Waals surface area contributed by atoms with Gasteiger partial charge in [-0.1, -0.05) is 17.7 Å². The number of carbonyl (C=O) groups excluding carboxylic acids is 2. The predicted molar refractivity (Wildman–Crippen MR) is 120 cm³/mol. The number of urea groups is 1. The number of nitrogens with zero attached hydrogens (tertiary/aromatic N) is 6. The topological polar surface area (TPSA) is 95.7 Å². The van der Waals surface area contributed by atoms with Crippen molar-refractivity contribution < 1.29 is 31.5 Å². The fraction of sp³-hybridized carbons (Fsp3) is 0.286. The Morgan fingerprint density at radius 3 is 2.53 bits per heavy atom. The molecule has 0 unspecified atom stereocenters. The van der Waals surface area contributed by atoms with E-state index in [0.29, 0.717) is 6.08 Å². The van der Waals surface area contributed by atoms with E-state index < -0.39 is 53.5 Å². The van der Waals surface area contributed by atoms with Gasteiger partial charge in [0.2, 0.25) is 0 Å². The van der Waals surface area contributed by atoms with Gasteiger partial charge in [0.1, 0.15) is 11.1 Å². The molecule has 0 aliphatic carbocycles. The summed E-state index contributed by atoms with van der Waals surface area (Å²) >= 11 is 5.87. The van der Waals surface area contributed by atoms with Gasteiger partial charge in [0.05, 0.1) is 41.6 Å². The van der Waals surface area contributed by atoms with Crippen LogP contribution in [0.5, 0.6) is 0 Å². The van der Waals surface area contributed by atoms with Gasteiger partial charge in [0, 0.05) is 20.2 Å². The van der Waals surface area contributed by atoms with Crippen molar-refractivity contribution in [2.45, 2.75) is 18.0 Å². The summed E-state index contributed by atoms with van der Waals surface area (Å²) in [6.07, 6.45) is -5.34. The molecule has 4 heterocycles. The Bertz CT molecular complexity index is 1390. The molecule has 9 nitrogen and oxygen atoms in total. The van der Waals surface area contributed by atoms with Crippen molar-refractivity contribution in [2.24, 2.45) is 0 Å². The van der Waals surface area contributed by atoms with Crippen molar-refractivity contribution in [2.75, 3.05) is 30.9 Å². The van der Waals surface area contributed by atoms with Crippen LogP contribution in [-0.4, -0.2) is 63.2 Å². The Kier molecular flexibility index (Phi) is 6.11. The fourth-order valence-electron chi connectivity index (χ4n) is 3.90. The number of halogens is 6. The summed E-state index contributed by atoms with van der Waals surface area (Å²) in [5.74, 6) is -0.787. The molecule has 0 aromatic carbocycles. The summed E-state index contributed by atoms with van der Waals surface area (Å²) in [6.45, 7) is 2.42. The first-order valence-corrected chi connectivity index (χ1v) is 10.5. The molecule has 1 atom stereocenters. The lowest BCUT2D eigenvalue weighted by Crippen LogP contribution is -2.47. The van der Waals surface area contributed by atoms with Crippen LogP contribution < -0.4 is 10.2 Å². The monoisotopic (exact) mass is 529 g/mol. The Labute approximate surface area is 205 Å². The number of anilines is 2. The van der Waals surface area contributed by atoms with Crippen LogP contribution >= 0.6 is 11.6 Å². The van der Waals surface area contributed by atoms with E-state index >= 15 is 0 Å². The molecule has 36 heavy (non-hydrogen) atoms. The molecule has 0 saturated heterocycles. The van der Waals surface area contributed by atoms with Gasteiger partial charge in [0.25, 0.3) is 12.3 Å². The summed E-state index contributed by atoms with van der Waals surface area (Å²) < 4.78 is 71.2. The third kappa shape index (κ3) is 3.90. The second-order valence-electron chi connectivity index (χ2n) is 8.08. The van der Waals surface area contributed by atoms with E-state index in [1.54, 1.807) is 0 Å². The summed E-state index contributed by atoms with van der Waals surface area (Å²) in [5.41, 5.74) is -4.92. The Morgan fingerprint density at radius 1 is 1.25 bits per heavy atom. The van der Waals surface area contributed by atoms with Crippen LogP contribution in [0.3, 0.4) is 0 Å². The number of alkyl halides is 5. The number of nitrogens with one attached hydrogen (secondary N) is 1. The lowest BCUT2D eigenvalue weighted by atomic mass is 9.85. The van der Waals surface area contributed by atoms with Crippen molar-refractivity contribution in [1.29, 1.82) is 0 Å². The van der Waals surface area contributed by atoms with Gasteiger partial charge in [-0.05, 0) is 6.07 Å². The molecule has 0 saturated carbocycles. The quantitative estimate of drug-likeness (QED) is 0.398. The van der Waals surface area contributed by atoms with Crippen LogP contribution in [0.1, 0.15) is 28.2 Å². The zero-order chi connectivity index (χ0) is 26.6. The van der Waals surface area contributed by atoms with E-state index in [4.69, 9.17) is 11.6 Å². The van der Waals surface area contributed by atoms with Crippen LogP contribution in [0.15, 0.2) is 37.2 Å². The van der Waals surface area contributed by atoms with Crippen LogP contribution in [0.25, 0.3) is 5.65 Å². The zero-order valence-corrected chi connectivity index (χ0v) is 19.4. The number of hydrogen-bond donors (Lipinski definition) is 1. The average Bonchev–Trinajstić information content (AvgIpc) is 3.35. The molecular weight excluding hydrogens is 513 g/mol. The predicted octanol–water partition coefficient (Wildman–Crippen LogP) is 4.46. The molecular formula is C21H17ClF5N7O2. The van der Waals surface area contributed by atoms with E-state index in [2.05, 4.69) is 27.0 Å². The van der Waals surface area contributed by atoms with Gasteiger partial charge in [-0.3, -0.25) is 9.69 Å². The third-order valence-electron chi connectivity index (χ3n) is 5.67. The second-order valence-corrected chi connectivity index (χ2v) is 8.47. The van der Waals surface area contributed by atoms with E-state index in [9.17, 15) is 31.5 Å². The second kappa shape index (κ2) is 8.69. The van der Waals surface area contributed by atoms with E-state index in [-0.39, 0.29) is 22.2 Å². The smallest absolute Gasteiger partial charge is 0.343 e. The van der Waals surface area contributed by atoms with Crippen LogP contribution in [0.4, 0.5) is 38.1 Å². The zero-order valence-electron chi connectivity index (χ0n) is 18.6. The van der Waals surface area contributed by atoms with Gasteiger partial charge in [-0.25, -0.2) is 28.1 Å². The maximum Gasteiger partial charge on any atom is 0.405 e. The number of pyridine rings is 1. The number of hydrogen-bond acceptors (Lipinski definition) is 5. The number of fused-ring (bicyclic) bond motifs is 3. The van der Waals surface area contributed by atoms with E-state index in [1.807, 2.05) is 0 Å². The van der Waals surface area contributed by atoms with Crippen molar-refractivity contribution in [1.82, 2.24) is 24.5 Å².